The zero-order valence-electron chi connectivity index (χ0n) is 10.8. The second-order valence-electron chi connectivity index (χ2n) is 4.20. The summed E-state index contributed by atoms with van der Waals surface area (Å²) in [5.74, 6) is 0.107. The normalized spacial score (nSPS) is 16.6. The van der Waals surface area contributed by atoms with E-state index in [1.165, 1.54) is 13.8 Å². The maximum absolute atomic E-state index is 11.0. The Morgan fingerprint density at radius 3 is 2.68 bits per heavy atom. The molecule has 1 atom stereocenters. The number of anilines is 1. The third-order valence-corrected chi connectivity index (χ3v) is 2.34. The number of hydrogen-bond acceptors (Lipinski definition) is 5. The molecule has 6 nitrogen and oxygen atoms in total. The van der Waals surface area contributed by atoms with Crippen molar-refractivity contribution in [1.29, 1.82) is 0 Å². The first-order valence-electron chi connectivity index (χ1n) is 5.89. The predicted octanol–water partition coefficient (Wildman–Crippen LogP) is 1.35. The molecule has 0 bridgehead atoms. The molecule has 1 aromatic carbocycles. The van der Waals surface area contributed by atoms with Crippen LogP contribution in [-0.4, -0.2) is 31.2 Å². The summed E-state index contributed by atoms with van der Waals surface area (Å²) in [6.45, 7) is 3.79. The van der Waals surface area contributed by atoms with Gasteiger partial charge in [-0.3, -0.25) is 9.59 Å². The van der Waals surface area contributed by atoms with Crippen molar-refractivity contribution < 1.29 is 23.8 Å². The van der Waals surface area contributed by atoms with Crippen molar-refractivity contribution in [2.45, 2.75) is 20.0 Å². The number of amides is 1. The van der Waals surface area contributed by atoms with Crippen LogP contribution < -0.4 is 14.8 Å². The van der Waals surface area contributed by atoms with E-state index in [-0.39, 0.29) is 12.0 Å². The van der Waals surface area contributed by atoms with Crippen molar-refractivity contribution in [2.75, 3.05) is 18.5 Å². The van der Waals surface area contributed by atoms with Crippen molar-refractivity contribution in [3.05, 3.63) is 18.2 Å². The standard InChI is InChI=1S/C13H15NO5/c1-8(15)14-10-3-4-12(19-9(2)16)13(5-10)18-7-11-6-17-11/h3-5,11H,6-7H2,1-2H3,(H,14,15)/t11-/m1/s1. The number of benzene rings is 1. The SMILES string of the molecule is CC(=O)Nc1ccc(OC(C)=O)c(OC[C@H]2CO2)c1. The summed E-state index contributed by atoms with van der Waals surface area (Å²) >= 11 is 0. The monoisotopic (exact) mass is 265 g/mol. The summed E-state index contributed by atoms with van der Waals surface area (Å²) in [6, 6.07) is 4.83. The Bertz CT molecular complexity index is 496. The molecule has 1 aliphatic rings. The lowest BCUT2D eigenvalue weighted by Crippen LogP contribution is -2.10. The van der Waals surface area contributed by atoms with E-state index in [9.17, 15) is 9.59 Å². The van der Waals surface area contributed by atoms with Crippen molar-refractivity contribution in [3.63, 3.8) is 0 Å². The Hall–Kier alpha value is -2.08. The second-order valence-corrected chi connectivity index (χ2v) is 4.20. The van der Waals surface area contributed by atoms with Crippen molar-refractivity contribution in [3.8, 4) is 11.5 Å². The maximum Gasteiger partial charge on any atom is 0.308 e. The highest BCUT2D eigenvalue weighted by Crippen LogP contribution is 2.31. The summed E-state index contributed by atoms with van der Waals surface area (Å²) in [5, 5.41) is 2.64. The van der Waals surface area contributed by atoms with E-state index in [4.69, 9.17) is 14.2 Å². The predicted molar refractivity (Wildman–Crippen MR) is 67.3 cm³/mol. The minimum absolute atomic E-state index is 0.0922. The maximum atomic E-state index is 11.0. The molecule has 1 heterocycles. The number of epoxide rings is 1. The number of hydrogen-bond donors (Lipinski definition) is 1. The zero-order valence-corrected chi connectivity index (χ0v) is 10.8. The Balaban J connectivity index is 2.14. The topological polar surface area (TPSA) is 77.2 Å². The van der Waals surface area contributed by atoms with Crippen LogP contribution in [0.4, 0.5) is 5.69 Å². The average molecular weight is 265 g/mol. The molecular formula is C13H15NO5. The van der Waals surface area contributed by atoms with Crippen LogP contribution in [0.25, 0.3) is 0 Å². The molecule has 1 aromatic rings. The molecule has 0 saturated carbocycles. The first-order chi connectivity index (χ1) is 9.04. The third kappa shape index (κ3) is 4.26. The van der Waals surface area contributed by atoms with E-state index < -0.39 is 5.97 Å². The van der Waals surface area contributed by atoms with Crippen molar-refractivity contribution >= 4 is 17.6 Å². The highest BCUT2D eigenvalue weighted by molar-refractivity contribution is 5.89. The average Bonchev–Trinajstić information content (AvgIpc) is 3.11. The highest BCUT2D eigenvalue weighted by Gasteiger charge is 2.24. The molecular weight excluding hydrogens is 250 g/mol. The molecule has 1 aliphatic heterocycles. The van der Waals surface area contributed by atoms with Gasteiger partial charge in [-0.15, -0.1) is 0 Å². The number of esters is 1. The molecule has 2 rings (SSSR count). The minimum atomic E-state index is -0.431. The molecule has 1 fully saturated rings. The molecule has 0 spiro atoms. The molecule has 0 aliphatic carbocycles. The van der Waals surface area contributed by atoms with Gasteiger partial charge in [0.1, 0.15) is 12.7 Å². The Morgan fingerprint density at radius 1 is 1.37 bits per heavy atom. The van der Waals surface area contributed by atoms with Gasteiger partial charge in [-0.05, 0) is 12.1 Å². The molecule has 0 radical (unpaired) electrons. The van der Waals surface area contributed by atoms with Crippen molar-refractivity contribution in [1.82, 2.24) is 0 Å². The molecule has 19 heavy (non-hydrogen) atoms. The lowest BCUT2D eigenvalue weighted by Gasteiger charge is -2.12. The van der Waals surface area contributed by atoms with E-state index in [2.05, 4.69) is 5.32 Å². The fourth-order valence-corrected chi connectivity index (χ4v) is 1.49. The number of ether oxygens (including phenoxy) is 3. The Labute approximate surface area is 110 Å². The van der Waals surface area contributed by atoms with Gasteiger partial charge in [0.25, 0.3) is 0 Å². The molecule has 1 saturated heterocycles. The van der Waals surface area contributed by atoms with Gasteiger partial charge in [0, 0.05) is 25.6 Å². The molecule has 6 heteroatoms. The molecule has 0 aromatic heterocycles. The lowest BCUT2D eigenvalue weighted by molar-refractivity contribution is -0.132. The smallest absolute Gasteiger partial charge is 0.308 e. The van der Waals surface area contributed by atoms with Crippen LogP contribution in [0, 0.1) is 0 Å². The van der Waals surface area contributed by atoms with E-state index in [0.29, 0.717) is 30.4 Å². The van der Waals surface area contributed by atoms with E-state index >= 15 is 0 Å². The quantitative estimate of drug-likeness (QED) is 0.494. The van der Waals surface area contributed by atoms with Crippen LogP contribution in [0.5, 0.6) is 11.5 Å². The van der Waals surface area contributed by atoms with Crippen LogP contribution in [0.1, 0.15) is 13.8 Å². The summed E-state index contributed by atoms with van der Waals surface area (Å²) in [5.41, 5.74) is 0.579. The van der Waals surface area contributed by atoms with Crippen LogP contribution in [0.3, 0.4) is 0 Å². The van der Waals surface area contributed by atoms with Gasteiger partial charge in [-0.2, -0.15) is 0 Å². The van der Waals surface area contributed by atoms with Gasteiger partial charge in [-0.25, -0.2) is 0 Å². The first kappa shape index (κ1) is 13.4. The van der Waals surface area contributed by atoms with Gasteiger partial charge in [0.2, 0.25) is 5.91 Å². The van der Waals surface area contributed by atoms with Gasteiger partial charge in [0.05, 0.1) is 6.61 Å². The number of nitrogens with one attached hydrogen (secondary N) is 1. The lowest BCUT2D eigenvalue weighted by atomic mass is 10.2. The van der Waals surface area contributed by atoms with Crippen LogP contribution in [-0.2, 0) is 14.3 Å². The van der Waals surface area contributed by atoms with Gasteiger partial charge < -0.3 is 19.5 Å². The largest absolute Gasteiger partial charge is 0.487 e. The minimum Gasteiger partial charge on any atom is -0.487 e. The van der Waals surface area contributed by atoms with E-state index in [1.54, 1.807) is 18.2 Å². The van der Waals surface area contributed by atoms with Gasteiger partial charge >= 0.3 is 5.97 Å². The summed E-state index contributed by atoms with van der Waals surface area (Å²) < 4.78 is 15.6. The third-order valence-electron chi connectivity index (χ3n) is 2.34. The molecule has 1 amide bonds. The first-order valence-corrected chi connectivity index (χ1v) is 5.89. The van der Waals surface area contributed by atoms with Crippen LogP contribution in [0.15, 0.2) is 18.2 Å². The Morgan fingerprint density at radius 2 is 2.11 bits per heavy atom. The number of carbonyl (C=O) groups is 2. The second kappa shape index (κ2) is 5.71. The molecule has 0 unspecified atom stereocenters. The molecule has 1 N–H and O–H groups in total. The van der Waals surface area contributed by atoms with Crippen molar-refractivity contribution in [2.24, 2.45) is 0 Å². The fourth-order valence-electron chi connectivity index (χ4n) is 1.49. The summed E-state index contributed by atoms with van der Waals surface area (Å²) in [6.07, 6.45) is 0.0922. The van der Waals surface area contributed by atoms with E-state index in [1.807, 2.05) is 0 Å². The summed E-state index contributed by atoms with van der Waals surface area (Å²) in [7, 11) is 0. The summed E-state index contributed by atoms with van der Waals surface area (Å²) in [4.78, 5) is 22.0. The zero-order chi connectivity index (χ0) is 13.8. The van der Waals surface area contributed by atoms with E-state index in [0.717, 1.165) is 0 Å². The fraction of sp³-hybridized carbons (Fsp3) is 0.385. The number of rotatable bonds is 5. The van der Waals surface area contributed by atoms with Crippen LogP contribution in [0.2, 0.25) is 0 Å². The Kier molecular flexibility index (Phi) is 4.01. The van der Waals surface area contributed by atoms with Gasteiger partial charge in [0.15, 0.2) is 11.5 Å². The number of carbonyl (C=O) groups excluding carboxylic acids is 2. The van der Waals surface area contributed by atoms with Crippen LogP contribution >= 0.6 is 0 Å². The molecule has 102 valence electrons. The highest BCUT2D eigenvalue weighted by atomic mass is 16.6. The van der Waals surface area contributed by atoms with Gasteiger partial charge in [-0.1, -0.05) is 0 Å².